The lowest BCUT2D eigenvalue weighted by Gasteiger charge is -2.08. The molecule has 0 aliphatic carbocycles. The van der Waals surface area contributed by atoms with Crippen molar-refractivity contribution in [2.24, 2.45) is 0 Å². The summed E-state index contributed by atoms with van der Waals surface area (Å²) in [6.07, 6.45) is 2.86. The predicted octanol–water partition coefficient (Wildman–Crippen LogP) is 3.58. The van der Waals surface area contributed by atoms with Crippen LogP contribution in [0.2, 0.25) is 0 Å². The van der Waals surface area contributed by atoms with Crippen LogP contribution in [-0.2, 0) is 13.0 Å². The van der Waals surface area contributed by atoms with Crippen molar-refractivity contribution in [3.05, 3.63) is 65.7 Å². The van der Waals surface area contributed by atoms with Crippen molar-refractivity contribution in [1.29, 1.82) is 0 Å². The molecule has 0 unspecified atom stereocenters. The van der Waals surface area contributed by atoms with Gasteiger partial charge in [-0.3, -0.25) is 0 Å². The molecule has 0 saturated heterocycles. The topological polar surface area (TPSA) is 29.5 Å². The largest absolute Gasteiger partial charge is 0.489 e. The Bertz CT molecular complexity index is 480. The fourth-order valence-corrected chi connectivity index (χ4v) is 1.97. The molecule has 0 radical (unpaired) electrons. The second-order valence-electron chi connectivity index (χ2n) is 4.60. The second kappa shape index (κ2) is 7.59. The Morgan fingerprint density at radius 3 is 2.42 bits per heavy atom. The minimum atomic E-state index is 0.268. The van der Waals surface area contributed by atoms with E-state index in [0.717, 1.165) is 25.0 Å². The zero-order valence-corrected chi connectivity index (χ0v) is 11.1. The molecule has 0 heterocycles. The number of benzene rings is 2. The fourth-order valence-electron chi connectivity index (χ4n) is 1.97. The lowest BCUT2D eigenvalue weighted by atomic mass is 10.1. The maximum atomic E-state index is 8.78. The molecule has 2 rings (SSSR count). The number of ether oxygens (including phenoxy) is 1. The fraction of sp³-hybridized carbons (Fsp3) is 0.294. The Kier molecular flexibility index (Phi) is 5.45. The molecule has 2 nitrogen and oxygen atoms in total. The van der Waals surface area contributed by atoms with E-state index in [1.165, 1.54) is 11.1 Å². The molecule has 19 heavy (non-hydrogen) atoms. The Morgan fingerprint density at radius 2 is 1.63 bits per heavy atom. The first-order valence-electron chi connectivity index (χ1n) is 6.75. The van der Waals surface area contributed by atoms with Crippen molar-refractivity contribution in [1.82, 2.24) is 0 Å². The number of aliphatic hydroxyl groups excluding tert-OH is 1. The van der Waals surface area contributed by atoms with E-state index in [-0.39, 0.29) is 6.61 Å². The van der Waals surface area contributed by atoms with Crippen molar-refractivity contribution in [3.63, 3.8) is 0 Å². The van der Waals surface area contributed by atoms with Crippen molar-refractivity contribution in [2.75, 3.05) is 6.61 Å². The molecular formula is C17H20O2. The van der Waals surface area contributed by atoms with Crippen molar-refractivity contribution < 1.29 is 9.84 Å². The Balaban J connectivity index is 1.88. The lowest BCUT2D eigenvalue weighted by molar-refractivity contribution is 0.284. The first-order chi connectivity index (χ1) is 9.38. The summed E-state index contributed by atoms with van der Waals surface area (Å²) in [5.41, 5.74) is 2.44. The number of unbranched alkanes of at least 4 members (excludes halogenated alkanes) is 1. The van der Waals surface area contributed by atoms with Crippen LogP contribution < -0.4 is 4.74 Å². The third-order valence-electron chi connectivity index (χ3n) is 3.02. The van der Waals surface area contributed by atoms with E-state index in [2.05, 4.69) is 24.3 Å². The van der Waals surface area contributed by atoms with Crippen LogP contribution >= 0.6 is 0 Å². The molecule has 0 aromatic heterocycles. The number of rotatable bonds is 7. The highest BCUT2D eigenvalue weighted by molar-refractivity contribution is 5.29. The van der Waals surface area contributed by atoms with Gasteiger partial charge in [-0.05, 0) is 42.5 Å². The highest BCUT2D eigenvalue weighted by Crippen LogP contribution is 2.16. The second-order valence-corrected chi connectivity index (χ2v) is 4.60. The molecule has 0 saturated carbocycles. The molecule has 2 aromatic rings. The van der Waals surface area contributed by atoms with E-state index in [1.807, 2.05) is 30.3 Å². The normalized spacial score (nSPS) is 10.4. The Hall–Kier alpha value is -1.80. The van der Waals surface area contributed by atoms with Crippen LogP contribution in [0.25, 0.3) is 0 Å². The molecule has 0 aliphatic heterocycles. The Labute approximate surface area is 114 Å². The molecule has 1 N–H and O–H groups in total. The summed E-state index contributed by atoms with van der Waals surface area (Å²) in [4.78, 5) is 0. The van der Waals surface area contributed by atoms with Crippen LogP contribution in [-0.4, -0.2) is 11.7 Å². The third-order valence-corrected chi connectivity index (χ3v) is 3.02. The number of aryl methyl sites for hydroxylation is 1. The molecule has 2 heteroatoms. The highest BCUT2D eigenvalue weighted by atomic mass is 16.5. The van der Waals surface area contributed by atoms with Crippen LogP contribution in [0.1, 0.15) is 24.0 Å². The summed E-state index contributed by atoms with van der Waals surface area (Å²) < 4.78 is 5.79. The molecule has 0 fully saturated rings. The minimum Gasteiger partial charge on any atom is -0.489 e. The standard InChI is InChI=1S/C17H20O2/c18-12-5-4-7-15-10-6-11-17(13-15)19-14-16-8-2-1-3-9-16/h1-3,6,8-11,13,18H,4-5,7,12,14H2. The molecule has 0 bridgehead atoms. The van der Waals surface area contributed by atoms with Gasteiger partial charge in [-0.1, -0.05) is 42.5 Å². The summed E-state index contributed by atoms with van der Waals surface area (Å²) in [6, 6.07) is 18.4. The van der Waals surface area contributed by atoms with Gasteiger partial charge >= 0.3 is 0 Å². The first kappa shape index (κ1) is 13.6. The van der Waals surface area contributed by atoms with Crippen LogP contribution in [0.4, 0.5) is 0 Å². The van der Waals surface area contributed by atoms with Crippen LogP contribution in [0.15, 0.2) is 54.6 Å². The van der Waals surface area contributed by atoms with Crippen molar-refractivity contribution in [2.45, 2.75) is 25.9 Å². The molecular weight excluding hydrogens is 236 g/mol. The molecule has 2 aromatic carbocycles. The predicted molar refractivity (Wildman–Crippen MR) is 77.2 cm³/mol. The molecule has 0 atom stereocenters. The van der Waals surface area contributed by atoms with Crippen molar-refractivity contribution >= 4 is 0 Å². The third kappa shape index (κ3) is 4.76. The van der Waals surface area contributed by atoms with E-state index >= 15 is 0 Å². The zero-order chi connectivity index (χ0) is 13.3. The smallest absolute Gasteiger partial charge is 0.120 e. The molecule has 100 valence electrons. The van der Waals surface area contributed by atoms with Gasteiger partial charge in [0.15, 0.2) is 0 Å². The lowest BCUT2D eigenvalue weighted by Crippen LogP contribution is -1.96. The monoisotopic (exact) mass is 256 g/mol. The van der Waals surface area contributed by atoms with E-state index in [4.69, 9.17) is 9.84 Å². The number of aliphatic hydroxyl groups is 1. The first-order valence-corrected chi connectivity index (χ1v) is 6.75. The summed E-state index contributed by atoms with van der Waals surface area (Å²) in [5, 5.41) is 8.78. The van der Waals surface area contributed by atoms with Crippen molar-refractivity contribution in [3.8, 4) is 5.75 Å². The quantitative estimate of drug-likeness (QED) is 0.767. The van der Waals surface area contributed by atoms with E-state index in [1.54, 1.807) is 0 Å². The van der Waals surface area contributed by atoms with E-state index < -0.39 is 0 Å². The summed E-state index contributed by atoms with van der Waals surface area (Å²) in [7, 11) is 0. The van der Waals surface area contributed by atoms with Gasteiger partial charge < -0.3 is 9.84 Å². The Morgan fingerprint density at radius 1 is 0.842 bits per heavy atom. The van der Waals surface area contributed by atoms with Gasteiger partial charge in [0.2, 0.25) is 0 Å². The molecule has 0 spiro atoms. The number of hydrogen-bond acceptors (Lipinski definition) is 2. The summed E-state index contributed by atoms with van der Waals surface area (Å²) in [5.74, 6) is 0.908. The maximum absolute atomic E-state index is 8.78. The minimum absolute atomic E-state index is 0.268. The van der Waals surface area contributed by atoms with Gasteiger partial charge in [0.05, 0.1) is 0 Å². The van der Waals surface area contributed by atoms with Crippen LogP contribution in [0.3, 0.4) is 0 Å². The van der Waals surface area contributed by atoms with E-state index in [9.17, 15) is 0 Å². The maximum Gasteiger partial charge on any atom is 0.120 e. The van der Waals surface area contributed by atoms with Gasteiger partial charge in [-0.25, -0.2) is 0 Å². The average molecular weight is 256 g/mol. The van der Waals surface area contributed by atoms with Gasteiger partial charge in [0.1, 0.15) is 12.4 Å². The van der Waals surface area contributed by atoms with Gasteiger partial charge in [-0.2, -0.15) is 0 Å². The average Bonchev–Trinajstić information content (AvgIpc) is 2.47. The van der Waals surface area contributed by atoms with Crippen LogP contribution in [0.5, 0.6) is 5.75 Å². The highest BCUT2D eigenvalue weighted by Gasteiger charge is 1.98. The van der Waals surface area contributed by atoms with Gasteiger partial charge in [0.25, 0.3) is 0 Å². The zero-order valence-electron chi connectivity index (χ0n) is 11.1. The SMILES string of the molecule is OCCCCc1cccc(OCc2ccccc2)c1. The van der Waals surface area contributed by atoms with Gasteiger partial charge in [-0.15, -0.1) is 0 Å². The van der Waals surface area contributed by atoms with Crippen LogP contribution in [0, 0.1) is 0 Å². The molecule has 0 aliphatic rings. The number of hydrogen-bond donors (Lipinski definition) is 1. The summed E-state index contributed by atoms with van der Waals surface area (Å²) >= 11 is 0. The summed E-state index contributed by atoms with van der Waals surface area (Å²) in [6.45, 7) is 0.866. The van der Waals surface area contributed by atoms with Gasteiger partial charge in [0, 0.05) is 6.61 Å². The van der Waals surface area contributed by atoms with E-state index in [0.29, 0.717) is 6.61 Å². The molecule has 0 amide bonds.